The van der Waals surface area contributed by atoms with Gasteiger partial charge in [-0.2, -0.15) is 13.2 Å². The number of fused-ring (bicyclic) bond motifs is 3. The number of alkyl halides is 3. The van der Waals surface area contributed by atoms with E-state index < -0.39 is 24.1 Å². The number of hydrogen-bond acceptors (Lipinski definition) is 7. The van der Waals surface area contributed by atoms with Gasteiger partial charge >= 0.3 is 18.1 Å². The van der Waals surface area contributed by atoms with Crippen LogP contribution >= 0.6 is 11.6 Å². The van der Waals surface area contributed by atoms with Crippen molar-refractivity contribution in [2.24, 2.45) is 5.92 Å². The van der Waals surface area contributed by atoms with Crippen molar-refractivity contribution < 1.29 is 56.3 Å². The largest absolute Gasteiger partial charge is 0.542 e. The molecular formula is C55H46ClF3N2O8. The smallest absolute Gasteiger partial charge is 0.430 e. The number of hydrogen-bond donors (Lipinski definition) is 2. The lowest BCUT2D eigenvalue weighted by molar-refractivity contribution is -0.523. The first-order chi connectivity index (χ1) is 33.1. The average Bonchev–Trinajstić information content (AvgIpc) is 3.94. The number of aliphatic carboxylic acids is 3. The molecule has 0 bridgehead atoms. The van der Waals surface area contributed by atoms with Crippen molar-refractivity contribution in [1.29, 1.82) is 0 Å². The molecule has 0 unspecified atom stereocenters. The van der Waals surface area contributed by atoms with Crippen LogP contribution in [-0.2, 0) is 40.2 Å². The number of carbonyl (C=O) groups is 3. The third-order valence-electron chi connectivity index (χ3n) is 11.9. The molecule has 10 rings (SSSR count). The van der Waals surface area contributed by atoms with Crippen LogP contribution in [0.4, 0.5) is 13.2 Å². The van der Waals surface area contributed by atoms with Crippen molar-refractivity contribution in [2.75, 3.05) is 26.2 Å². The van der Waals surface area contributed by atoms with Crippen LogP contribution in [0.5, 0.6) is 0 Å². The fourth-order valence-corrected chi connectivity index (χ4v) is 8.65. The molecule has 0 aliphatic carbocycles. The Labute approximate surface area is 400 Å². The van der Waals surface area contributed by atoms with E-state index in [2.05, 4.69) is 119 Å². The van der Waals surface area contributed by atoms with Crippen LogP contribution in [0.2, 0.25) is 5.02 Å². The molecule has 2 aromatic heterocycles. The minimum atomic E-state index is -5.19. The molecular weight excluding hydrogens is 909 g/mol. The van der Waals surface area contributed by atoms with Gasteiger partial charge in [0, 0.05) is 53.5 Å². The zero-order chi connectivity index (χ0) is 48.7. The van der Waals surface area contributed by atoms with E-state index in [9.17, 15) is 22.8 Å². The summed E-state index contributed by atoms with van der Waals surface area (Å²) in [6.07, 6.45) is -0.272. The average molecular weight is 955 g/mol. The molecule has 0 amide bonds. The van der Waals surface area contributed by atoms with Crippen molar-refractivity contribution in [1.82, 2.24) is 4.90 Å². The van der Waals surface area contributed by atoms with E-state index in [1.165, 1.54) is 27.8 Å². The third kappa shape index (κ3) is 12.5. The third-order valence-corrected chi connectivity index (χ3v) is 12.2. The maximum atomic E-state index is 11.0. The van der Waals surface area contributed by atoms with Gasteiger partial charge in [-0.05, 0) is 107 Å². The van der Waals surface area contributed by atoms with Gasteiger partial charge < -0.3 is 28.9 Å². The highest BCUT2D eigenvalue weighted by atomic mass is 35.5. The van der Waals surface area contributed by atoms with E-state index in [1.54, 1.807) is 0 Å². The molecule has 0 radical (unpaired) electrons. The molecule has 4 heterocycles. The van der Waals surface area contributed by atoms with Crippen LogP contribution in [0.15, 0.2) is 154 Å². The summed E-state index contributed by atoms with van der Waals surface area (Å²) in [5.41, 5.74) is 12.3. The summed E-state index contributed by atoms with van der Waals surface area (Å²) >= 11 is 6.58. The Bertz CT molecular complexity index is 3160. The van der Waals surface area contributed by atoms with Gasteiger partial charge in [-0.3, -0.25) is 14.5 Å². The van der Waals surface area contributed by atoms with Crippen molar-refractivity contribution >= 4 is 57.7 Å². The SMILES string of the molecule is O=C(O)C1CN(Cc2ccc(-c3cc4cc(Cc5ccccc5)ccc4o3)c(Cl)c2)C1.O=C(O)CC[N+]1=Cc2ccc(-c3cc4cc(Cc5ccccc5)ccc4o3)cc2CC1.O=C([O-])C(F)(F)F. The predicted octanol–water partition coefficient (Wildman–Crippen LogP) is 10.3. The van der Waals surface area contributed by atoms with Gasteiger partial charge in [0.1, 0.15) is 41.6 Å². The number of carboxylic acid groups (broad SMARTS) is 3. The lowest BCUT2D eigenvalue weighted by Crippen LogP contribution is -2.49. The Kier molecular flexibility index (Phi) is 14.8. The topological polar surface area (TPSA) is 147 Å². The van der Waals surface area contributed by atoms with Crippen LogP contribution in [0.3, 0.4) is 0 Å². The summed E-state index contributed by atoms with van der Waals surface area (Å²) in [6.45, 7) is 3.26. The molecule has 0 atom stereocenters. The monoisotopic (exact) mass is 954 g/mol. The molecule has 1 fully saturated rings. The fourth-order valence-electron chi connectivity index (χ4n) is 8.36. The highest BCUT2D eigenvalue weighted by molar-refractivity contribution is 6.33. The molecule has 10 nitrogen and oxygen atoms in total. The van der Waals surface area contributed by atoms with Gasteiger partial charge in [-0.25, -0.2) is 4.58 Å². The summed E-state index contributed by atoms with van der Waals surface area (Å²) in [5, 5.41) is 29.5. The van der Waals surface area contributed by atoms with Crippen molar-refractivity contribution in [3.8, 4) is 22.6 Å². The Balaban J connectivity index is 0.000000164. The van der Waals surface area contributed by atoms with Gasteiger partial charge in [-0.15, -0.1) is 0 Å². The number of benzene rings is 6. The van der Waals surface area contributed by atoms with E-state index in [0.717, 1.165) is 81.5 Å². The molecule has 6 aromatic carbocycles. The van der Waals surface area contributed by atoms with Gasteiger partial charge in [0.25, 0.3) is 0 Å². The van der Waals surface area contributed by atoms with E-state index in [0.29, 0.717) is 31.2 Å². The standard InChI is InChI=1S/C27H23NO3.C26H22ClNO3.C2HF3O2/c29-27(30)11-13-28-12-10-21-16-22(7-8-23(21)18-28)26-17-24-15-20(6-9-25(24)31-26)14-19-4-2-1-3-5-19;27-23-12-19(14-28-15-21(16-28)26(29)30)6-8-22(23)25-13-20-11-18(7-9-24(20)31-25)10-17-4-2-1-3-5-17;3-2(4,5)1(6)7/h1-9,15-18H,10-14H2;1-9,11-13,21H,10,14-16H2,(H,29,30);(H,6,7). The molecule has 8 aromatic rings. The van der Waals surface area contributed by atoms with Gasteiger partial charge in [0.15, 0.2) is 12.8 Å². The second-order valence-electron chi connectivity index (χ2n) is 17.1. The van der Waals surface area contributed by atoms with Gasteiger partial charge in [-0.1, -0.05) is 96.5 Å². The summed E-state index contributed by atoms with van der Waals surface area (Å²) in [4.78, 5) is 32.7. The first-order valence-electron chi connectivity index (χ1n) is 22.2. The lowest BCUT2D eigenvalue weighted by Gasteiger charge is -2.36. The summed E-state index contributed by atoms with van der Waals surface area (Å²) in [5.74, 6) is -3.11. The first kappa shape index (κ1) is 48.0. The van der Waals surface area contributed by atoms with Gasteiger partial charge in [0.2, 0.25) is 0 Å². The normalized spacial score (nSPS) is 13.6. The van der Waals surface area contributed by atoms with Crippen LogP contribution in [0.25, 0.3) is 44.6 Å². The summed E-state index contributed by atoms with van der Waals surface area (Å²) < 4.78 is 45.9. The quantitative estimate of drug-likeness (QED) is 0.114. The number of halogens is 4. The van der Waals surface area contributed by atoms with E-state index in [4.69, 9.17) is 40.5 Å². The number of furan rings is 2. The van der Waals surface area contributed by atoms with E-state index >= 15 is 0 Å². The van der Waals surface area contributed by atoms with Gasteiger partial charge in [0.05, 0.1) is 10.9 Å². The molecule has 2 aliphatic rings. The maximum absolute atomic E-state index is 11.0. The molecule has 0 saturated carbocycles. The highest BCUT2D eigenvalue weighted by Crippen LogP contribution is 2.35. The second-order valence-corrected chi connectivity index (χ2v) is 17.5. The Morgan fingerprint density at radius 2 is 1.26 bits per heavy atom. The number of likely N-dealkylation sites (tertiary alicyclic amines) is 1. The first-order valence-corrected chi connectivity index (χ1v) is 22.6. The van der Waals surface area contributed by atoms with Crippen LogP contribution < -0.4 is 5.11 Å². The lowest BCUT2D eigenvalue weighted by atomic mass is 9.98. The maximum Gasteiger partial charge on any atom is 0.430 e. The Morgan fingerprint density at radius 3 is 1.81 bits per heavy atom. The number of nitrogens with zero attached hydrogens (tertiary/aromatic N) is 2. The Morgan fingerprint density at radius 1 is 0.696 bits per heavy atom. The van der Waals surface area contributed by atoms with Crippen molar-refractivity contribution in [3.63, 3.8) is 0 Å². The zero-order valence-corrected chi connectivity index (χ0v) is 37.9. The highest BCUT2D eigenvalue weighted by Gasteiger charge is 2.32. The van der Waals surface area contributed by atoms with Crippen molar-refractivity contribution in [3.05, 3.63) is 190 Å². The minimum Gasteiger partial charge on any atom is -0.542 e. The number of rotatable bonds is 12. The molecule has 1 saturated heterocycles. The van der Waals surface area contributed by atoms with E-state index in [-0.39, 0.29) is 12.3 Å². The molecule has 69 heavy (non-hydrogen) atoms. The van der Waals surface area contributed by atoms with Crippen LogP contribution in [0, 0.1) is 5.92 Å². The predicted molar refractivity (Wildman–Crippen MR) is 255 cm³/mol. The Hall–Kier alpha value is -7.48. The number of carbonyl (C=O) groups excluding carboxylic acids is 1. The zero-order valence-electron chi connectivity index (χ0n) is 37.1. The minimum absolute atomic E-state index is 0.162. The molecule has 0 spiro atoms. The second kappa shape index (κ2) is 21.2. The molecule has 352 valence electrons. The molecule has 2 aliphatic heterocycles. The summed E-state index contributed by atoms with van der Waals surface area (Å²) in [6, 6.07) is 50.1. The van der Waals surface area contributed by atoms with Crippen molar-refractivity contribution in [2.45, 2.75) is 38.4 Å². The van der Waals surface area contributed by atoms with Crippen LogP contribution in [0.1, 0.15) is 45.4 Å². The van der Waals surface area contributed by atoms with Crippen LogP contribution in [-0.4, -0.2) is 76.2 Å². The fraction of sp³-hybridized carbons (Fsp3) is 0.200. The number of carboxylic acids is 3. The molecule has 14 heteroatoms. The summed E-state index contributed by atoms with van der Waals surface area (Å²) in [7, 11) is 0. The van der Waals surface area contributed by atoms with E-state index in [1.807, 2.05) is 42.5 Å². The molecule has 2 N–H and O–H groups in total.